The summed E-state index contributed by atoms with van der Waals surface area (Å²) >= 11 is 5.99. The van der Waals surface area contributed by atoms with Crippen LogP contribution in [0.2, 0.25) is 5.02 Å². The third kappa shape index (κ3) is 1.84. The predicted molar refractivity (Wildman–Crippen MR) is 87.1 cm³/mol. The molecule has 0 N–H and O–H groups in total. The molecule has 3 heterocycles. The summed E-state index contributed by atoms with van der Waals surface area (Å²) in [6.45, 7) is 1.50. The van der Waals surface area contributed by atoms with Crippen molar-refractivity contribution in [1.29, 1.82) is 0 Å². The van der Waals surface area contributed by atoms with Crippen molar-refractivity contribution < 1.29 is 4.79 Å². The topological polar surface area (TPSA) is 38.1 Å². The number of pyridine rings is 1. The van der Waals surface area contributed by atoms with E-state index in [0.29, 0.717) is 17.3 Å². The Bertz CT molecular complexity index is 883. The molecule has 22 heavy (non-hydrogen) atoms. The Balaban J connectivity index is 2.09. The number of likely N-dealkylation sites (N-methyl/N-ethyl adjacent to an activating group) is 1. The molecule has 5 heteroatoms. The Morgan fingerprint density at radius 2 is 1.91 bits per heavy atom. The third-order valence-electron chi connectivity index (χ3n) is 4.16. The molecule has 1 amide bonds. The number of hydrogen-bond donors (Lipinski definition) is 0. The van der Waals surface area contributed by atoms with E-state index in [4.69, 9.17) is 11.6 Å². The zero-order valence-electron chi connectivity index (χ0n) is 12.1. The lowest BCUT2D eigenvalue weighted by molar-refractivity contribution is 0.0752. The average Bonchev–Trinajstić information content (AvgIpc) is 2.87. The molecule has 1 aromatic carbocycles. The highest BCUT2D eigenvalue weighted by atomic mass is 35.5. The highest BCUT2D eigenvalue weighted by Crippen LogP contribution is 2.36. The molecule has 0 unspecified atom stereocenters. The van der Waals surface area contributed by atoms with E-state index in [1.54, 1.807) is 11.1 Å². The van der Waals surface area contributed by atoms with E-state index < -0.39 is 0 Å². The fourth-order valence-electron chi connectivity index (χ4n) is 3.05. The number of halogens is 1. The smallest absolute Gasteiger partial charge is 0.271 e. The number of amides is 1. The molecular weight excluding hydrogens is 298 g/mol. The van der Waals surface area contributed by atoms with Gasteiger partial charge in [0, 0.05) is 36.9 Å². The Morgan fingerprint density at radius 3 is 2.68 bits per heavy atom. The summed E-state index contributed by atoms with van der Waals surface area (Å²) in [6, 6.07) is 11.5. The first-order valence-corrected chi connectivity index (χ1v) is 7.53. The second-order valence-corrected chi connectivity index (χ2v) is 5.92. The Morgan fingerprint density at radius 1 is 1.14 bits per heavy atom. The van der Waals surface area contributed by atoms with E-state index >= 15 is 0 Å². The van der Waals surface area contributed by atoms with Crippen molar-refractivity contribution in [2.24, 2.45) is 0 Å². The first kappa shape index (κ1) is 13.3. The van der Waals surface area contributed by atoms with E-state index in [0.717, 1.165) is 28.7 Å². The molecule has 0 saturated carbocycles. The van der Waals surface area contributed by atoms with Crippen LogP contribution < -0.4 is 0 Å². The van der Waals surface area contributed by atoms with Crippen LogP contribution in [0.25, 0.3) is 22.2 Å². The fraction of sp³-hybridized carbons (Fsp3) is 0.176. The maximum atomic E-state index is 12.7. The summed E-state index contributed by atoms with van der Waals surface area (Å²) in [5.74, 6) is 0.0363. The van der Waals surface area contributed by atoms with Crippen molar-refractivity contribution in [3.05, 3.63) is 53.3 Å². The number of carbonyl (C=O) groups is 1. The molecule has 0 fully saturated rings. The predicted octanol–water partition coefficient (Wildman–Crippen LogP) is 3.44. The second-order valence-electron chi connectivity index (χ2n) is 5.48. The number of rotatable bonds is 1. The number of carbonyl (C=O) groups excluding carboxylic acids is 1. The number of hydrogen-bond acceptors (Lipinski definition) is 2. The van der Waals surface area contributed by atoms with Crippen molar-refractivity contribution in [3.8, 4) is 11.1 Å². The van der Waals surface area contributed by atoms with Gasteiger partial charge in [0.1, 0.15) is 5.69 Å². The van der Waals surface area contributed by atoms with Crippen LogP contribution in [0, 0.1) is 0 Å². The monoisotopic (exact) mass is 311 g/mol. The Kier molecular flexibility index (Phi) is 2.94. The minimum absolute atomic E-state index is 0.0363. The van der Waals surface area contributed by atoms with Crippen molar-refractivity contribution in [1.82, 2.24) is 14.5 Å². The SMILES string of the molecule is CN1CCn2c(c(-c3ccc(Cl)cc3)c3ncccc32)C1=O. The van der Waals surface area contributed by atoms with Crippen LogP contribution in [-0.4, -0.2) is 34.0 Å². The van der Waals surface area contributed by atoms with Gasteiger partial charge in [-0.15, -0.1) is 0 Å². The summed E-state index contributed by atoms with van der Waals surface area (Å²) in [5, 5.41) is 0.678. The van der Waals surface area contributed by atoms with E-state index in [1.165, 1.54) is 0 Å². The summed E-state index contributed by atoms with van der Waals surface area (Å²) < 4.78 is 2.08. The van der Waals surface area contributed by atoms with Gasteiger partial charge in [-0.25, -0.2) is 0 Å². The zero-order valence-corrected chi connectivity index (χ0v) is 12.8. The summed E-state index contributed by atoms with van der Waals surface area (Å²) in [6.07, 6.45) is 1.77. The van der Waals surface area contributed by atoms with Crippen LogP contribution in [0.3, 0.4) is 0 Å². The van der Waals surface area contributed by atoms with E-state index in [9.17, 15) is 4.79 Å². The molecule has 0 aliphatic carbocycles. The lowest BCUT2D eigenvalue weighted by Gasteiger charge is -2.25. The minimum atomic E-state index is 0.0363. The molecule has 0 radical (unpaired) electrons. The minimum Gasteiger partial charge on any atom is -0.339 e. The number of fused-ring (bicyclic) bond motifs is 3. The van der Waals surface area contributed by atoms with Gasteiger partial charge in [0.05, 0.1) is 11.0 Å². The fourth-order valence-corrected chi connectivity index (χ4v) is 3.18. The third-order valence-corrected chi connectivity index (χ3v) is 4.41. The molecule has 4 nitrogen and oxygen atoms in total. The normalized spacial score (nSPS) is 14.5. The molecule has 2 aromatic heterocycles. The zero-order chi connectivity index (χ0) is 15.3. The molecular formula is C17H14ClN3O. The van der Waals surface area contributed by atoms with Crippen molar-refractivity contribution in [3.63, 3.8) is 0 Å². The lowest BCUT2D eigenvalue weighted by Crippen LogP contribution is -2.37. The maximum absolute atomic E-state index is 12.7. The van der Waals surface area contributed by atoms with Crippen LogP contribution in [0.15, 0.2) is 42.6 Å². The van der Waals surface area contributed by atoms with Gasteiger partial charge >= 0.3 is 0 Å². The van der Waals surface area contributed by atoms with Crippen molar-refractivity contribution in [2.45, 2.75) is 6.54 Å². The van der Waals surface area contributed by atoms with Gasteiger partial charge in [0.15, 0.2) is 0 Å². The molecule has 0 atom stereocenters. The van der Waals surface area contributed by atoms with Crippen molar-refractivity contribution in [2.75, 3.05) is 13.6 Å². The number of benzene rings is 1. The number of nitrogens with zero attached hydrogens (tertiary/aromatic N) is 3. The van der Waals surface area contributed by atoms with Crippen LogP contribution in [-0.2, 0) is 6.54 Å². The lowest BCUT2D eigenvalue weighted by atomic mass is 10.0. The molecule has 1 aliphatic heterocycles. The van der Waals surface area contributed by atoms with E-state index in [-0.39, 0.29) is 5.91 Å². The molecule has 110 valence electrons. The first-order valence-electron chi connectivity index (χ1n) is 7.15. The van der Waals surface area contributed by atoms with Gasteiger partial charge in [-0.2, -0.15) is 0 Å². The highest BCUT2D eigenvalue weighted by Gasteiger charge is 2.29. The summed E-state index contributed by atoms with van der Waals surface area (Å²) in [5.41, 5.74) is 4.44. The Hall–Kier alpha value is -2.33. The molecule has 4 rings (SSSR count). The Labute approximate surface area is 132 Å². The summed E-state index contributed by atoms with van der Waals surface area (Å²) in [4.78, 5) is 19.0. The van der Waals surface area contributed by atoms with Crippen LogP contribution in [0.5, 0.6) is 0 Å². The maximum Gasteiger partial charge on any atom is 0.271 e. The van der Waals surface area contributed by atoms with Crippen LogP contribution in [0.4, 0.5) is 0 Å². The average molecular weight is 312 g/mol. The van der Waals surface area contributed by atoms with Crippen LogP contribution in [0.1, 0.15) is 10.5 Å². The molecule has 1 aliphatic rings. The van der Waals surface area contributed by atoms with E-state index in [2.05, 4.69) is 9.55 Å². The largest absolute Gasteiger partial charge is 0.339 e. The number of aromatic nitrogens is 2. The van der Waals surface area contributed by atoms with Gasteiger partial charge in [-0.05, 0) is 29.8 Å². The molecule has 3 aromatic rings. The van der Waals surface area contributed by atoms with Gasteiger partial charge in [-0.1, -0.05) is 23.7 Å². The van der Waals surface area contributed by atoms with Gasteiger partial charge in [0.2, 0.25) is 0 Å². The highest BCUT2D eigenvalue weighted by molar-refractivity contribution is 6.30. The molecule has 0 spiro atoms. The van der Waals surface area contributed by atoms with Crippen LogP contribution >= 0.6 is 11.6 Å². The second kappa shape index (κ2) is 4.85. The van der Waals surface area contributed by atoms with Gasteiger partial charge in [-0.3, -0.25) is 9.78 Å². The summed E-state index contributed by atoms with van der Waals surface area (Å²) in [7, 11) is 1.84. The van der Waals surface area contributed by atoms with Crippen molar-refractivity contribution >= 4 is 28.5 Å². The first-order chi connectivity index (χ1) is 10.7. The molecule has 0 bridgehead atoms. The standard InChI is InChI=1S/C17H14ClN3O/c1-20-9-10-21-13-3-2-8-19-15(13)14(16(21)17(20)22)11-4-6-12(18)7-5-11/h2-8H,9-10H2,1H3. The van der Waals surface area contributed by atoms with Gasteiger partial charge in [0.25, 0.3) is 5.91 Å². The quantitative estimate of drug-likeness (QED) is 0.690. The van der Waals surface area contributed by atoms with Gasteiger partial charge < -0.3 is 9.47 Å². The van der Waals surface area contributed by atoms with E-state index in [1.807, 2.05) is 43.4 Å². The molecule has 0 saturated heterocycles.